The topological polar surface area (TPSA) is 88.5 Å². The summed E-state index contributed by atoms with van der Waals surface area (Å²) in [4.78, 5) is 47.3. The largest absolute Gasteiger partial charge is 0.349 e. The van der Waals surface area contributed by atoms with E-state index in [4.69, 9.17) is 0 Å². The fourth-order valence-corrected chi connectivity index (χ4v) is 3.34. The second-order valence-electron chi connectivity index (χ2n) is 4.20. The Morgan fingerprint density at radius 1 is 1.35 bits per heavy atom. The lowest BCUT2D eigenvalue weighted by atomic mass is 10.3. The number of aromatic nitrogens is 1. The van der Waals surface area contributed by atoms with Crippen LogP contribution in [0, 0.1) is 6.92 Å². The Bertz CT molecular complexity index is 618. The van der Waals surface area contributed by atoms with Crippen LogP contribution in [0.2, 0.25) is 0 Å². The molecule has 1 aliphatic rings. The summed E-state index contributed by atoms with van der Waals surface area (Å²) in [6, 6.07) is 0. The molecule has 2 rings (SSSR count). The summed E-state index contributed by atoms with van der Waals surface area (Å²) in [6.45, 7) is 2.01. The average Bonchev–Trinajstić information content (AvgIpc) is 2.86. The zero-order chi connectivity index (χ0) is 14.9. The zero-order valence-corrected chi connectivity index (χ0v) is 12.6. The van der Waals surface area contributed by atoms with Gasteiger partial charge in [0.05, 0.1) is 5.75 Å². The van der Waals surface area contributed by atoms with E-state index < -0.39 is 0 Å². The number of amides is 3. The predicted octanol–water partition coefficient (Wildman–Crippen LogP) is 0.180. The van der Waals surface area contributed by atoms with Crippen LogP contribution in [0.3, 0.4) is 0 Å². The number of imide groups is 1. The molecule has 1 aromatic heterocycles. The molecule has 0 bridgehead atoms. The first kappa shape index (κ1) is 14.8. The van der Waals surface area contributed by atoms with E-state index in [1.807, 2.05) is 0 Å². The van der Waals surface area contributed by atoms with Crippen molar-refractivity contribution in [3.63, 3.8) is 0 Å². The van der Waals surface area contributed by atoms with Crippen LogP contribution in [0.1, 0.15) is 15.4 Å². The summed E-state index contributed by atoms with van der Waals surface area (Å²) >= 11 is 1.84. The molecular formula is C11H13N3O4S2. The number of hydrogen-bond donors (Lipinski definition) is 1. The molecule has 0 aromatic carbocycles. The van der Waals surface area contributed by atoms with Crippen LogP contribution in [0.25, 0.3) is 0 Å². The third kappa shape index (κ3) is 2.78. The lowest BCUT2D eigenvalue weighted by Gasteiger charge is -2.12. The highest BCUT2D eigenvalue weighted by Crippen LogP contribution is 2.17. The van der Waals surface area contributed by atoms with Gasteiger partial charge in [-0.25, -0.2) is 0 Å². The molecule has 20 heavy (non-hydrogen) atoms. The van der Waals surface area contributed by atoms with Gasteiger partial charge in [0.15, 0.2) is 0 Å². The highest BCUT2D eigenvalue weighted by Gasteiger charge is 2.29. The van der Waals surface area contributed by atoms with E-state index in [-0.39, 0.29) is 40.8 Å². The van der Waals surface area contributed by atoms with Gasteiger partial charge in [0.1, 0.15) is 4.88 Å². The molecule has 1 N–H and O–H groups in total. The molecule has 0 spiro atoms. The SMILES string of the molecule is Cc1c(C(=O)NCCN2C(=O)CSC2=O)sc(=O)n1C. The molecule has 108 valence electrons. The van der Waals surface area contributed by atoms with E-state index in [0.717, 1.165) is 28.0 Å². The third-order valence-corrected chi connectivity index (χ3v) is 4.95. The number of carbonyl (C=O) groups is 3. The van der Waals surface area contributed by atoms with E-state index in [9.17, 15) is 19.2 Å². The number of carbonyl (C=O) groups excluding carboxylic acids is 3. The Labute approximate surface area is 122 Å². The van der Waals surface area contributed by atoms with Crippen molar-refractivity contribution in [2.45, 2.75) is 6.92 Å². The molecule has 0 atom stereocenters. The molecule has 0 unspecified atom stereocenters. The fourth-order valence-electron chi connectivity index (χ4n) is 1.69. The summed E-state index contributed by atoms with van der Waals surface area (Å²) < 4.78 is 1.41. The van der Waals surface area contributed by atoms with E-state index in [1.54, 1.807) is 14.0 Å². The molecule has 3 amide bonds. The Morgan fingerprint density at radius 3 is 2.55 bits per heavy atom. The van der Waals surface area contributed by atoms with Gasteiger partial charge in [0, 0.05) is 25.8 Å². The lowest BCUT2D eigenvalue weighted by Crippen LogP contribution is -2.37. The molecular weight excluding hydrogens is 302 g/mol. The minimum atomic E-state index is -0.364. The third-order valence-electron chi connectivity index (χ3n) is 2.96. The van der Waals surface area contributed by atoms with Crippen molar-refractivity contribution in [1.29, 1.82) is 0 Å². The summed E-state index contributed by atoms with van der Waals surface area (Å²) in [5.74, 6) is -0.446. The maximum Gasteiger partial charge on any atom is 0.307 e. The van der Waals surface area contributed by atoms with E-state index in [2.05, 4.69) is 5.32 Å². The second-order valence-corrected chi connectivity index (χ2v) is 6.09. The highest BCUT2D eigenvalue weighted by molar-refractivity contribution is 8.14. The average molecular weight is 315 g/mol. The standard InChI is InChI=1S/C11H13N3O4S2/c1-6-8(20-10(17)13(6)2)9(16)12-3-4-14-7(15)5-19-11(14)18/h3-5H2,1-2H3,(H,12,16). The Morgan fingerprint density at radius 2 is 2.05 bits per heavy atom. The Hall–Kier alpha value is -1.61. The maximum absolute atomic E-state index is 11.9. The zero-order valence-electron chi connectivity index (χ0n) is 11.0. The van der Waals surface area contributed by atoms with Gasteiger partial charge in [-0.1, -0.05) is 23.1 Å². The quantitative estimate of drug-likeness (QED) is 0.856. The van der Waals surface area contributed by atoms with Crippen LogP contribution in [-0.4, -0.2) is 45.4 Å². The van der Waals surface area contributed by atoms with Crippen LogP contribution in [-0.2, 0) is 11.8 Å². The van der Waals surface area contributed by atoms with E-state index >= 15 is 0 Å². The van der Waals surface area contributed by atoms with Crippen molar-refractivity contribution in [2.75, 3.05) is 18.8 Å². The number of rotatable bonds is 4. The van der Waals surface area contributed by atoms with Gasteiger partial charge in [0.2, 0.25) is 5.91 Å². The summed E-state index contributed by atoms with van der Waals surface area (Å²) in [6.07, 6.45) is 0. The monoisotopic (exact) mass is 315 g/mol. The predicted molar refractivity (Wildman–Crippen MR) is 76.2 cm³/mol. The van der Waals surface area contributed by atoms with Crippen LogP contribution in [0.15, 0.2) is 4.79 Å². The van der Waals surface area contributed by atoms with Gasteiger partial charge in [-0.05, 0) is 6.92 Å². The molecule has 1 fully saturated rings. The van der Waals surface area contributed by atoms with Gasteiger partial charge < -0.3 is 9.88 Å². The van der Waals surface area contributed by atoms with Crippen LogP contribution >= 0.6 is 23.1 Å². The van der Waals surface area contributed by atoms with Crippen molar-refractivity contribution in [3.05, 3.63) is 20.2 Å². The highest BCUT2D eigenvalue weighted by atomic mass is 32.2. The number of nitrogens with zero attached hydrogens (tertiary/aromatic N) is 2. The number of thioether (sulfide) groups is 1. The molecule has 1 aliphatic heterocycles. The molecule has 2 heterocycles. The smallest absolute Gasteiger partial charge is 0.307 e. The molecule has 1 aromatic rings. The molecule has 9 heteroatoms. The fraction of sp³-hybridized carbons (Fsp3) is 0.455. The molecule has 1 saturated heterocycles. The van der Waals surface area contributed by atoms with Gasteiger partial charge in [-0.3, -0.25) is 24.1 Å². The molecule has 7 nitrogen and oxygen atoms in total. The minimum Gasteiger partial charge on any atom is -0.349 e. The second kappa shape index (κ2) is 5.80. The van der Waals surface area contributed by atoms with Gasteiger partial charge in [0.25, 0.3) is 11.1 Å². The van der Waals surface area contributed by atoms with Gasteiger partial charge in [-0.15, -0.1) is 0 Å². The Kier molecular flexibility index (Phi) is 4.29. The van der Waals surface area contributed by atoms with Crippen molar-refractivity contribution in [2.24, 2.45) is 7.05 Å². The maximum atomic E-state index is 11.9. The number of thiazole rings is 1. The van der Waals surface area contributed by atoms with E-state index in [0.29, 0.717) is 10.6 Å². The normalized spacial score (nSPS) is 15.0. The number of nitrogens with one attached hydrogen (secondary N) is 1. The van der Waals surface area contributed by atoms with Crippen LogP contribution in [0.5, 0.6) is 0 Å². The summed E-state index contributed by atoms with van der Waals surface area (Å²) in [7, 11) is 1.60. The molecule has 0 saturated carbocycles. The summed E-state index contributed by atoms with van der Waals surface area (Å²) in [5.41, 5.74) is 0.599. The molecule has 0 radical (unpaired) electrons. The first-order valence-corrected chi connectivity index (χ1v) is 7.63. The first-order valence-electron chi connectivity index (χ1n) is 5.83. The minimum absolute atomic E-state index is 0.150. The van der Waals surface area contributed by atoms with Gasteiger partial charge in [-0.2, -0.15) is 0 Å². The lowest BCUT2D eigenvalue weighted by molar-refractivity contribution is -0.124. The number of hydrogen-bond acceptors (Lipinski definition) is 6. The van der Waals surface area contributed by atoms with Crippen molar-refractivity contribution in [3.8, 4) is 0 Å². The van der Waals surface area contributed by atoms with Crippen molar-refractivity contribution >= 4 is 40.2 Å². The molecule has 0 aliphatic carbocycles. The first-order chi connectivity index (χ1) is 9.41. The van der Waals surface area contributed by atoms with Crippen molar-refractivity contribution in [1.82, 2.24) is 14.8 Å². The van der Waals surface area contributed by atoms with Crippen LogP contribution in [0.4, 0.5) is 4.79 Å². The van der Waals surface area contributed by atoms with E-state index in [1.165, 1.54) is 4.57 Å². The van der Waals surface area contributed by atoms with Crippen molar-refractivity contribution < 1.29 is 14.4 Å². The van der Waals surface area contributed by atoms with Gasteiger partial charge >= 0.3 is 4.87 Å². The summed E-state index contributed by atoms with van der Waals surface area (Å²) in [5, 5.41) is 2.32. The van der Waals surface area contributed by atoms with Crippen LogP contribution < -0.4 is 10.2 Å². The Balaban J connectivity index is 1.93.